The molecule has 6 heteroatoms. The minimum Gasteiger partial charge on any atom is -0.339 e. The second-order valence-electron chi connectivity index (χ2n) is 6.15. The summed E-state index contributed by atoms with van der Waals surface area (Å²) < 4.78 is 0.964. The van der Waals surface area contributed by atoms with E-state index in [0.29, 0.717) is 31.7 Å². The number of carbonyl (C=O) groups is 2. The Bertz CT molecular complexity index is 562. The maximum Gasteiger partial charge on any atom is 0.253 e. The molecule has 2 amide bonds. The van der Waals surface area contributed by atoms with Crippen molar-refractivity contribution in [2.45, 2.75) is 12.8 Å². The first-order valence-electron chi connectivity index (χ1n) is 8.19. The number of rotatable bonds is 2. The van der Waals surface area contributed by atoms with Gasteiger partial charge < -0.3 is 15.1 Å². The summed E-state index contributed by atoms with van der Waals surface area (Å²) in [7, 11) is 0. The van der Waals surface area contributed by atoms with Crippen molar-refractivity contribution in [3.63, 3.8) is 0 Å². The third-order valence-electron chi connectivity index (χ3n) is 4.66. The third kappa shape index (κ3) is 3.93. The van der Waals surface area contributed by atoms with Crippen LogP contribution >= 0.6 is 15.9 Å². The van der Waals surface area contributed by atoms with Crippen molar-refractivity contribution in [2.24, 2.45) is 5.92 Å². The molecule has 1 aromatic carbocycles. The molecule has 124 valence electrons. The van der Waals surface area contributed by atoms with Crippen LogP contribution in [0.2, 0.25) is 0 Å². The zero-order valence-corrected chi connectivity index (χ0v) is 14.7. The van der Waals surface area contributed by atoms with Crippen LogP contribution in [0.4, 0.5) is 0 Å². The van der Waals surface area contributed by atoms with Gasteiger partial charge in [-0.3, -0.25) is 9.59 Å². The Morgan fingerprint density at radius 2 is 1.52 bits per heavy atom. The number of piperidine rings is 1. The Kier molecular flexibility index (Phi) is 5.33. The van der Waals surface area contributed by atoms with Gasteiger partial charge in [-0.15, -0.1) is 0 Å². The summed E-state index contributed by atoms with van der Waals surface area (Å²) in [4.78, 5) is 28.8. The van der Waals surface area contributed by atoms with Crippen LogP contribution < -0.4 is 5.32 Å². The number of hydrogen-bond acceptors (Lipinski definition) is 3. The van der Waals surface area contributed by atoms with Gasteiger partial charge in [0.25, 0.3) is 5.91 Å². The molecule has 2 aliphatic rings. The first-order chi connectivity index (χ1) is 11.1. The Morgan fingerprint density at radius 3 is 2.13 bits per heavy atom. The molecule has 1 N–H and O–H groups in total. The van der Waals surface area contributed by atoms with Crippen molar-refractivity contribution in [2.75, 3.05) is 39.3 Å². The molecule has 5 nitrogen and oxygen atoms in total. The van der Waals surface area contributed by atoms with Crippen LogP contribution in [0.1, 0.15) is 23.2 Å². The van der Waals surface area contributed by atoms with Gasteiger partial charge in [-0.25, -0.2) is 0 Å². The van der Waals surface area contributed by atoms with Crippen LogP contribution in [-0.4, -0.2) is 60.9 Å². The summed E-state index contributed by atoms with van der Waals surface area (Å²) in [5.74, 6) is 0.471. The van der Waals surface area contributed by atoms with Crippen molar-refractivity contribution in [1.82, 2.24) is 15.1 Å². The van der Waals surface area contributed by atoms with Gasteiger partial charge in [0.1, 0.15) is 0 Å². The second-order valence-corrected chi connectivity index (χ2v) is 7.06. The molecule has 2 saturated heterocycles. The summed E-state index contributed by atoms with van der Waals surface area (Å²) >= 11 is 3.38. The second kappa shape index (κ2) is 7.45. The van der Waals surface area contributed by atoms with Crippen molar-refractivity contribution < 1.29 is 9.59 Å². The van der Waals surface area contributed by atoms with Crippen molar-refractivity contribution >= 4 is 27.7 Å². The highest BCUT2D eigenvalue weighted by atomic mass is 79.9. The maximum absolute atomic E-state index is 12.5. The predicted molar refractivity (Wildman–Crippen MR) is 92.2 cm³/mol. The Hall–Kier alpha value is -1.40. The monoisotopic (exact) mass is 379 g/mol. The van der Waals surface area contributed by atoms with Gasteiger partial charge in [-0.2, -0.15) is 0 Å². The molecule has 0 atom stereocenters. The van der Waals surface area contributed by atoms with Crippen LogP contribution in [0.25, 0.3) is 0 Å². The first-order valence-corrected chi connectivity index (χ1v) is 8.99. The molecular weight excluding hydrogens is 358 g/mol. The van der Waals surface area contributed by atoms with Crippen LogP contribution in [0.3, 0.4) is 0 Å². The fraction of sp³-hybridized carbons (Fsp3) is 0.529. The van der Waals surface area contributed by atoms with Crippen molar-refractivity contribution in [1.29, 1.82) is 0 Å². The summed E-state index contributed by atoms with van der Waals surface area (Å²) in [6.07, 6.45) is 1.85. The summed E-state index contributed by atoms with van der Waals surface area (Å²) in [6, 6.07) is 7.42. The normalized spacial score (nSPS) is 19.7. The number of benzene rings is 1. The molecule has 0 aromatic heterocycles. The smallest absolute Gasteiger partial charge is 0.253 e. The van der Waals surface area contributed by atoms with Crippen LogP contribution in [0.5, 0.6) is 0 Å². The highest BCUT2D eigenvalue weighted by Gasteiger charge is 2.29. The van der Waals surface area contributed by atoms with Crippen molar-refractivity contribution in [3.8, 4) is 0 Å². The van der Waals surface area contributed by atoms with E-state index >= 15 is 0 Å². The maximum atomic E-state index is 12.5. The number of piperazine rings is 1. The number of nitrogens with one attached hydrogen (secondary N) is 1. The lowest BCUT2D eigenvalue weighted by Crippen LogP contribution is -2.52. The predicted octanol–water partition coefficient (Wildman–Crippen LogP) is 1.73. The van der Waals surface area contributed by atoms with Gasteiger partial charge in [-0.1, -0.05) is 15.9 Å². The van der Waals surface area contributed by atoms with E-state index < -0.39 is 0 Å². The molecular formula is C17H22BrN3O2. The van der Waals surface area contributed by atoms with Crippen LogP contribution in [0, 0.1) is 5.92 Å². The molecule has 3 rings (SSSR count). The highest BCUT2D eigenvalue weighted by molar-refractivity contribution is 9.10. The molecule has 2 heterocycles. The molecule has 0 bridgehead atoms. The highest BCUT2D eigenvalue weighted by Crippen LogP contribution is 2.18. The summed E-state index contributed by atoms with van der Waals surface area (Å²) in [5.41, 5.74) is 0.700. The van der Waals surface area contributed by atoms with E-state index in [-0.39, 0.29) is 17.7 Å². The van der Waals surface area contributed by atoms with Gasteiger partial charge in [0.05, 0.1) is 0 Å². The molecule has 23 heavy (non-hydrogen) atoms. The molecule has 0 saturated carbocycles. The minimum absolute atomic E-state index is 0.0477. The van der Waals surface area contributed by atoms with Gasteiger partial charge in [-0.05, 0) is 50.2 Å². The fourth-order valence-corrected chi connectivity index (χ4v) is 3.50. The third-order valence-corrected chi connectivity index (χ3v) is 5.19. The van der Waals surface area contributed by atoms with Gasteiger partial charge >= 0.3 is 0 Å². The van der Waals surface area contributed by atoms with E-state index in [1.165, 1.54) is 0 Å². The van der Waals surface area contributed by atoms with Gasteiger partial charge in [0.2, 0.25) is 5.91 Å². The minimum atomic E-state index is 0.0477. The lowest BCUT2D eigenvalue weighted by atomic mass is 9.96. The lowest BCUT2D eigenvalue weighted by molar-refractivity contribution is -0.137. The largest absolute Gasteiger partial charge is 0.339 e. The SMILES string of the molecule is O=C(c1ccc(Br)cc1)N1CCN(C(=O)C2CCNCC2)CC1. The average molecular weight is 380 g/mol. The quantitative estimate of drug-likeness (QED) is 0.851. The summed E-state index contributed by atoms with van der Waals surface area (Å²) in [6.45, 7) is 4.38. The van der Waals surface area contributed by atoms with E-state index in [0.717, 1.165) is 30.4 Å². The van der Waals surface area contributed by atoms with E-state index in [4.69, 9.17) is 0 Å². The molecule has 1 aromatic rings. The van der Waals surface area contributed by atoms with Crippen LogP contribution in [0.15, 0.2) is 28.7 Å². The molecule has 2 aliphatic heterocycles. The summed E-state index contributed by atoms with van der Waals surface area (Å²) in [5, 5.41) is 3.29. The number of hydrogen-bond donors (Lipinski definition) is 1. The Labute approximate surface area is 145 Å². The van der Waals surface area contributed by atoms with Crippen LogP contribution in [-0.2, 0) is 4.79 Å². The Balaban J connectivity index is 1.54. The number of nitrogens with zero attached hydrogens (tertiary/aromatic N) is 2. The van der Waals surface area contributed by atoms with E-state index in [1.807, 2.05) is 34.1 Å². The van der Waals surface area contributed by atoms with Gasteiger partial charge in [0, 0.05) is 42.1 Å². The zero-order chi connectivity index (χ0) is 16.2. The van der Waals surface area contributed by atoms with Gasteiger partial charge in [0.15, 0.2) is 0 Å². The molecule has 0 aliphatic carbocycles. The molecule has 2 fully saturated rings. The average Bonchev–Trinajstić information content (AvgIpc) is 2.62. The Morgan fingerprint density at radius 1 is 0.957 bits per heavy atom. The van der Waals surface area contributed by atoms with Crippen molar-refractivity contribution in [3.05, 3.63) is 34.3 Å². The zero-order valence-electron chi connectivity index (χ0n) is 13.1. The molecule has 0 unspecified atom stereocenters. The van der Waals surface area contributed by atoms with E-state index in [9.17, 15) is 9.59 Å². The topological polar surface area (TPSA) is 52.7 Å². The molecule has 0 radical (unpaired) electrons. The first kappa shape index (κ1) is 16.5. The van der Waals surface area contributed by atoms with E-state index in [2.05, 4.69) is 21.2 Å². The number of halogens is 1. The molecule has 0 spiro atoms. The fourth-order valence-electron chi connectivity index (χ4n) is 3.23. The standard InChI is InChI=1S/C17H22BrN3O2/c18-15-3-1-13(2-4-15)16(22)20-9-11-21(12-10-20)17(23)14-5-7-19-8-6-14/h1-4,14,19H,5-12H2. The lowest BCUT2D eigenvalue weighted by Gasteiger charge is -2.37. The number of amides is 2. The number of carbonyl (C=O) groups excluding carboxylic acids is 2. The van der Waals surface area contributed by atoms with E-state index in [1.54, 1.807) is 0 Å².